The molecule has 1 atom stereocenters. The molecule has 2 aromatic heterocycles. The monoisotopic (exact) mass is 513 g/mol. The Kier molecular flexibility index (Phi) is 8.17. The number of aliphatic imine (C=N–C) groups is 1. The minimum atomic E-state index is -0.0349. The van der Waals surface area contributed by atoms with Crippen LogP contribution in [0.15, 0.2) is 36.4 Å². The zero-order valence-corrected chi connectivity index (χ0v) is 19.4. The molecule has 0 aromatic carbocycles. The average Bonchev–Trinajstić information content (AvgIpc) is 3.16. The lowest BCUT2D eigenvalue weighted by atomic mass is 10.2. The number of guanidine groups is 1. The van der Waals surface area contributed by atoms with Crippen LogP contribution in [0.25, 0.3) is 5.65 Å². The van der Waals surface area contributed by atoms with Gasteiger partial charge in [-0.25, -0.2) is 9.98 Å². The van der Waals surface area contributed by atoms with Crippen LogP contribution in [0.3, 0.4) is 0 Å². The molecular weight excluding hydrogens is 485 g/mol. The number of carbonyl (C=O) groups is 1. The van der Waals surface area contributed by atoms with Crippen molar-refractivity contribution in [3.63, 3.8) is 0 Å². The summed E-state index contributed by atoms with van der Waals surface area (Å²) < 4.78 is 1.87. The average molecular weight is 513 g/mol. The normalized spacial score (nSPS) is 17.1. The first-order valence-corrected chi connectivity index (χ1v) is 9.26. The molecule has 11 heteroatoms. The highest BCUT2D eigenvalue weighted by Crippen LogP contribution is 2.21. The first-order valence-electron chi connectivity index (χ1n) is 9.26. The Labute approximate surface area is 187 Å². The lowest BCUT2D eigenvalue weighted by molar-refractivity contribution is -0.127. The summed E-state index contributed by atoms with van der Waals surface area (Å²) in [4.78, 5) is 26.9. The smallest absolute Gasteiger partial charge is 0.243 e. The number of anilines is 1. The molecule has 158 valence electrons. The van der Waals surface area contributed by atoms with Crippen molar-refractivity contribution in [1.29, 1.82) is 0 Å². The van der Waals surface area contributed by atoms with Gasteiger partial charge in [0, 0.05) is 58.7 Å². The number of rotatable bonds is 5. The summed E-state index contributed by atoms with van der Waals surface area (Å²) in [5.74, 6) is 1.51. The van der Waals surface area contributed by atoms with Gasteiger partial charge in [-0.15, -0.1) is 40.8 Å². The van der Waals surface area contributed by atoms with Crippen molar-refractivity contribution in [3.8, 4) is 0 Å². The highest BCUT2D eigenvalue weighted by molar-refractivity contribution is 14.0. The number of likely N-dealkylation sites (N-methyl/N-ethyl adjacent to an activating group) is 1. The predicted octanol–water partition coefficient (Wildman–Crippen LogP) is 0.473. The molecule has 1 aliphatic rings. The predicted molar refractivity (Wildman–Crippen MR) is 124 cm³/mol. The molecule has 1 N–H and O–H groups in total. The molecule has 1 fully saturated rings. The maximum atomic E-state index is 11.9. The molecule has 3 rings (SSSR count). The van der Waals surface area contributed by atoms with Crippen LogP contribution < -0.4 is 10.2 Å². The van der Waals surface area contributed by atoms with Gasteiger partial charge in [0.2, 0.25) is 11.6 Å². The Morgan fingerprint density at radius 3 is 2.93 bits per heavy atom. The Balaban J connectivity index is 0.00000300. The summed E-state index contributed by atoms with van der Waals surface area (Å²) in [7, 11) is 3.46. The Bertz CT molecular complexity index is 866. The van der Waals surface area contributed by atoms with Crippen molar-refractivity contribution in [2.75, 3.05) is 51.7 Å². The molecule has 1 amide bonds. The van der Waals surface area contributed by atoms with Gasteiger partial charge in [0.25, 0.3) is 0 Å². The van der Waals surface area contributed by atoms with E-state index in [-0.39, 0.29) is 42.5 Å². The van der Waals surface area contributed by atoms with E-state index < -0.39 is 0 Å². The fraction of sp³-hybridized carbons (Fsp3) is 0.500. The number of hydrogen-bond donors (Lipinski definition) is 1. The zero-order chi connectivity index (χ0) is 20.1. The number of piperazine rings is 1. The van der Waals surface area contributed by atoms with Crippen LogP contribution in [0.5, 0.6) is 0 Å². The Morgan fingerprint density at radius 2 is 2.24 bits per heavy atom. The second-order valence-corrected chi connectivity index (χ2v) is 6.90. The third-order valence-corrected chi connectivity index (χ3v) is 4.66. The molecule has 1 aliphatic heterocycles. The van der Waals surface area contributed by atoms with Crippen molar-refractivity contribution in [2.45, 2.75) is 13.0 Å². The van der Waals surface area contributed by atoms with Gasteiger partial charge in [0.15, 0.2) is 11.8 Å². The van der Waals surface area contributed by atoms with Gasteiger partial charge in [-0.05, 0) is 6.92 Å². The highest BCUT2D eigenvalue weighted by Gasteiger charge is 2.28. The molecule has 0 radical (unpaired) electrons. The summed E-state index contributed by atoms with van der Waals surface area (Å²) in [6, 6.07) is 0.185. The van der Waals surface area contributed by atoms with E-state index in [1.807, 2.05) is 10.6 Å². The van der Waals surface area contributed by atoms with Crippen molar-refractivity contribution in [2.24, 2.45) is 4.99 Å². The van der Waals surface area contributed by atoms with Crippen LogP contribution in [0.2, 0.25) is 0 Å². The second kappa shape index (κ2) is 10.4. The Morgan fingerprint density at radius 1 is 1.45 bits per heavy atom. The van der Waals surface area contributed by atoms with Gasteiger partial charge >= 0.3 is 0 Å². The summed E-state index contributed by atoms with van der Waals surface area (Å²) in [6.07, 6.45) is 7.05. The van der Waals surface area contributed by atoms with E-state index in [9.17, 15) is 4.79 Å². The number of halogens is 1. The first-order chi connectivity index (χ1) is 13.5. The van der Waals surface area contributed by atoms with E-state index in [0.717, 1.165) is 37.1 Å². The van der Waals surface area contributed by atoms with Gasteiger partial charge < -0.3 is 20.0 Å². The van der Waals surface area contributed by atoms with E-state index in [2.05, 4.69) is 48.8 Å². The molecule has 0 bridgehead atoms. The number of carbonyl (C=O) groups excluding carboxylic acids is 1. The second-order valence-electron chi connectivity index (χ2n) is 6.90. The topological polar surface area (TPSA) is 94.3 Å². The lowest BCUT2D eigenvalue weighted by Crippen LogP contribution is -2.57. The summed E-state index contributed by atoms with van der Waals surface area (Å²) >= 11 is 0. The molecule has 1 saturated heterocycles. The molecular formula is C18H28IN9O. The van der Waals surface area contributed by atoms with Gasteiger partial charge in [-0.1, -0.05) is 6.08 Å². The number of hydrogen-bond acceptors (Lipinski definition) is 6. The number of aromatic nitrogens is 4. The van der Waals surface area contributed by atoms with Crippen molar-refractivity contribution in [3.05, 3.63) is 31.4 Å². The summed E-state index contributed by atoms with van der Waals surface area (Å²) in [5, 5.41) is 11.4. The van der Waals surface area contributed by atoms with E-state index in [4.69, 9.17) is 0 Å². The van der Waals surface area contributed by atoms with Crippen LogP contribution >= 0.6 is 24.0 Å². The minimum Gasteiger partial charge on any atom is -0.353 e. The van der Waals surface area contributed by atoms with E-state index in [1.165, 1.54) is 0 Å². The third-order valence-electron chi connectivity index (χ3n) is 4.66. The van der Waals surface area contributed by atoms with Gasteiger partial charge in [-0.2, -0.15) is 0 Å². The highest BCUT2D eigenvalue weighted by atomic mass is 127. The van der Waals surface area contributed by atoms with E-state index >= 15 is 0 Å². The largest absolute Gasteiger partial charge is 0.353 e. The van der Waals surface area contributed by atoms with Crippen molar-refractivity contribution < 1.29 is 4.79 Å². The molecule has 0 saturated carbocycles. The molecule has 10 nitrogen and oxygen atoms in total. The summed E-state index contributed by atoms with van der Waals surface area (Å²) in [5.41, 5.74) is 0.748. The molecule has 0 aliphatic carbocycles. The first kappa shape index (κ1) is 22.8. The molecule has 3 heterocycles. The van der Waals surface area contributed by atoms with E-state index in [0.29, 0.717) is 6.54 Å². The zero-order valence-electron chi connectivity index (χ0n) is 17.0. The van der Waals surface area contributed by atoms with Crippen LogP contribution in [0.4, 0.5) is 5.82 Å². The van der Waals surface area contributed by atoms with Gasteiger partial charge in [0.1, 0.15) is 12.9 Å². The standard InChI is InChI=1S/C18H27N9O.HI/c1-5-6-20-18(21-11-15(28)24(3)4)25-9-10-27(14(2)12-25)16-17-23-22-13-26(17)8-7-19-16;/h5,7-8,13-14H,1,6,9-12H2,2-4H3,(H,20,21);1H. The van der Waals surface area contributed by atoms with Crippen LogP contribution in [0.1, 0.15) is 6.92 Å². The van der Waals surface area contributed by atoms with Crippen LogP contribution in [-0.2, 0) is 4.79 Å². The maximum absolute atomic E-state index is 11.9. The van der Waals surface area contributed by atoms with E-state index in [1.54, 1.807) is 37.6 Å². The molecule has 29 heavy (non-hydrogen) atoms. The van der Waals surface area contributed by atoms with Crippen LogP contribution in [-0.4, -0.2) is 94.1 Å². The summed E-state index contributed by atoms with van der Waals surface area (Å²) in [6.45, 7) is 8.85. The molecule has 1 unspecified atom stereocenters. The molecule has 2 aromatic rings. The quantitative estimate of drug-likeness (QED) is 0.269. The minimum absolute atomic E-state index is 0. The van der Waals surface area contributed by atoms with Crippen molar-refractivity contribution in [1.82, 2.24) is 34.7 Å². The van der Waals surface area contributed by atoms with Crippen molar-refractivity contribution >= 4 is 47.3 Å². The SMILES string of the molecule is C=CCNC(=NCC(=O)N(C)C)N1CCN(c2nccn3cnnc23)C(C)C1.I. The van der Waals surface area contributed by atoms with Gasteiger partial charge in [-0.3, -0.25) is 9.20 Å². The fourth-order valence-electron chi connectivity index (χ4n) is 3.13. The van der Waals surface area contributed by atoms with Gasteiger partial charge in [0.05, 0.1) is 0 Å². The molecule has 0 spiro atoms. The fourth-order valence-corrected chi connectivity index (χ4v) is 3.13. The lowest BCUT2D eigenvalue weighted by Gasteiger charge is -2.41. The van der Waals surface area contributed by atoms with Crippen LogP contribution in [0, 0.1) is 0 Å². The third kappa shape index (κ3) is 5.34. The number of fused-ring (bicyclic) bond motifs is 1. The Hall–Kier alpha value is -2.44. The number of amides is 1. The maximum Gasteiger partial charge on any atom is 0.243 e. The number of nitrogens with zero attached hydrogens (tertiary/aromatic N) is 8. The number of nitrogens with one attached hydrogen (secondary N) is 1.